The molecule has 0 bridgehead atoms. The summed E-state index contributed by atoms with van der Waals surface area (Å²) in [6.45, 7) is 1.83. The molecule has 1 aromatic rings. The number of benzene rings is 1. The molecule has 19 heavy (non-hydrogen) atoms. The lowest BCUT2D eigenvalue weighted by Crippen LogP contribution is -2.18. The number of hydrogen-bond donors (Lipinski definition) is 1. The lowest BCUT2D eigenvalue weighted by molar-refractivity contribution is 0.534. The summed E-state index contributed by atoms with van der Waals surface area (Å²) >= 11 is 1.32. The number of rotatable bonds is 5. The molecule has 1 aliphatic carbocycles. The SMILES string of the molecule is CC(N)Cc1cc(F)c(SCC2CCCC2)c(F)c1. The molecule has 0 heterocycles. The van der Waals surface area contributed by atoms with E-state index >= 15 is 0 Å². The lowest BCUT2D eigenvalue weighted by atomic mass is 10.1. The van der Waals surface area contributed by atoms with Gasteiger partial charge in [0.2, 0.25) is 0 Å². The third-order valence-electron chi connectivity index (χ3n) is 3.55. The van der Waals surface area contributed by atoms with Crippen LogP contribution in [0.4, 0.5) is 8.78 Å². The Bertz CT molecular complexity index is 405. The molecule has 1 unspecified atom stereocenters. The molecule has 0 spiro atoms. The molecule has 2 N–H and O–H groups in total. The van der Waals surface area contributed by atoms with Gasteiger partial charge in [-0.2, -0.15) is 0 Å². The molecule has 4 heteroatoms. The fraction of sp³-hybridized carbons (Fsp3) is 0.600. The van der Waals surface area contributed by atoms with Crippen LogP contribution in [0.25, 0.3) is 0 Å². The van der Waals surface area contributed by atoms with E-state index in [2.05, 4.69) is 0 Å². The van der Waals surface area contributed by atoms with E-state index in [1.807, 2.05) is 6.92 Å². The quantitative estimate of drug-likeness (QED) is 0.823. The van der Waals surface area contributed by atoms with Crippen molar-refractivity contribution in [1.29, 1.82) is 0 Å². The molecule has 1 atom stereocenters. The lowest BCUT2D eigenvalue weighted by Gasteiger charge is -2.12. The Morgan fingerprint density at radius 1 is 1.26 bits per heavy atom. The van der Waals surface area contributed by atoms with Crippen molar-refractivity contribution in [3.63, 3.8) is 0 Å². The fourth-order valence-corrected chi connectivity index (χ4v) is 3.75. The van der Waals surface area contributed by atoms with Crippen LogP contribution in [0.15, 0.2) is 17.0 Å². The Labute approximate surface area is 118 Å². The van der Waals surface area contributed by atoms with E-state index in [0.29, 0.717) is 17.9 Å². The zero-order chi connectivity index (χ0) is 13.8. The van der Waals surface area contributed by atoms with E-state index < -0.39 is 11.6 Å². The summed E-state index contributed by atoms with van der Waals surface area (Å²) in [7, 11) is 0. The van der Waals surface area contributed by atoms with Gasteiger partial charge in [-0.1, -0.05) is 12.8 Å². The Morgan fingerprint density at radius 2 is 1.84 bits per heavy atom. The van der Waals surface area contributed by atoms with Crippen LogP contribution >= 0.6 is 11.8 Å². The zero-order valence-electron chi connectivity index (χ0n) is 11.3. The normalized spacial score (nSPS) is 17.9. The van der Waals surface area contributed by atoms with Crippen LogP contribution in [0, 0.1) is 17.6 Å². The van der Waals surface area contributed by atoms with E-state index in [1.54, 1.807) is 0 Å². The second-order valence-electron chi connectivity index (χ2n) is 5.53. The van der Waals surface area contributed by atoms with Crippen molar-refractivity contribution in [2.24, 2.45) is 11.7 Å². The van der Waals surface area contributed by atoms with Gasteiger partial charge in [0.1, 0.15) is 11.6 Å². The van der Waals surface area contributed by atoms with E-state index in [-0.39, 0.29) is 10.9 Å². The highest BCUT2D eigenvalue weighted by Crippen LogP contribution is 2.33. The standard InChI is InChI=1S/C15H21F2NS/c1-10(18)6-12-7-13(16)15(14(17)8-12)19-9-11-4-2-3-5-11/h7-8,10-11H,2-6,9,18H2,1H3. The number of hydrogen-bond acceptors (Lipinski definition) is 2. The van der Waals surface area contributed by atoms with Crippen molar-refractivity contribution >= 4 is 11.8 Å². The topological polar surface area (TPSA) is 26.0 Å². The third kappa shape index (κ3) is 4.18. The maximum absolute atomic E-state index is 13.9. The second kappa shape index (κ2) is 6.71. The largest absolute Gasteiger partial charge is 0.328 e. The first-order chi connectivity index (χ1) is 9.06. The van der Waals surface area contributed by atoms with E-state index in [4.69, 9.17) is 5.73 Å². The second-order valence-corrected chi connectivity index (χ2v) is 6.56. The zero-order valence-corrected chi connectivity index (χ0v) is 12.1. The number of nitrogens with two attached hydrogens (primary N) is 1. The Hall–Kier alpha value is -0.610. The summed E-state index contributed by atoms with van der Waals surface area (Å²) in [5.74, 6) is 0.547. The van der Waals surface area contributed by atoms with Crippen molar-refractivity contribution in [3.05, 3.63) is 29.3 Å². The molecule has 0 aliphatic heterocycles. The Balaban J connectivity index is 2.03. The van der Waals surface area contributed by atoms with Crippen molar-refractivity contribution in [2.45, 2.75) is 50.0 Å². The fourth-order valence-electron chi connectivity index (χ4n) is 2.62. The van der Waals surface area contributed by atoms with Gasteiger partial charge < -0.3 is 5.73 Å². The van der Waals surface area contributed by atoms with Crippen molar-refractivity contribution in [2.75, 3.05) is 5.75 Å². The van der Waals surface area contributed by atoms with Crippen molar-refractivity contribution in [1.82, 2.24) is 0 Å². The highest BCUT2D eigenvalue weighted by Gasteiger charge is 2.18. The molecule has 0 aromatic heterocycles. The monoisotopic (exact) mass is 285 g/mol. The molecule has 1 nitrogen and oxygen atoms in total. The molecule has 0 saturated heterocycles. The first-order valence-electron chi connectivity index (χ1n) is 6.92. The highest BCUT2D eigenvalue weighted by molar-refractivity contribution is 7.99. The number of halogens is 2. The predicted octanol–water partition coefficient (Wildman–Crippen LogP) is 4.14. The summed E-state index contributed by atoms with van der Waals surface area (Å²) in [5, 5.41) is 0. The number of thioether (sulfide) groups is 1. The smallest absolute Gasteiger partial charge is 0.140 e. The molecule has 1 aromatic carbocycles. The van der Waals surface area contributed by atoms with Crippen molar-refractivity contribution in [3.8, 4) is 0 Å². The van der Waals surface area contributed by atoms with E-state index in [0.717, 1.165) is 5.75 Å². The molecule has 1 fully saturated rings. The predicted molar refractivity (Wildman–Crippen MR) is 76.4 cm³/mol. The summed E-state index contributed by atoms with van der Waals surface area (Å²) in [6.07, 6.45) is 5.40. The van der Waals surface area contributed by atoms with Crippen LogP contribution in [0.1, 0.15) is 38.2 Å². The Morgan fingerprint density at radius 3 is 2.37 bits per heavy atom. The summed E-state index contributed by atoms with van der Waals surface area (Å²) < 4.78 is 27.9. The molecular formula is C15H21F2NS. The summed E-state index contributed by atoms with van der Waals surface area (Å²) in [4.78, 5) is 0.167. The van der Waals surface area contributed by atoms with Crippen molar-refractivity contribution < 1.29 is 8.78 Å². The van der Waals surface area contributed by atoms with Gasteiger partial charge in [-0.3, -0.25) is 0 Å². The summed E-state index contributed by atoms with van der Waals surface area (Å²) in [6, 6.07) is 2.75. The molecule has 0 radical (unpaired) electrons. The van der Waals surface area contributed by atoms with Crippen LogP contribution in [0.2, 0.25) is 0 Å². The van der Waals surface area contributed by atoms with E-state index in [9.17, 15) is 8.78 Å². The van der Waals surface area contributed by atoms with Gasteiger partial charge in [0.25, 0.3) is 0 Å². The van der Waals surface area contributed by atoms with Gasteiger partial charge in [0, 0.05) is 11.8 Å². The van der Waals surface area contributed by atoms with Crippen LogP contribution in [0.3, 0.4) is 0 Å². The molecule has 1 aliphatic rings. The van der Waals surface area contributed by atoms with E-state index in [1.165, 1.54) is 49.6 Å². The molecule has 1 saturated carbocycles. The Kier molecular flexibility index (Phi) is 5.22. The average molecular weight is 285 g/mol. The first kappa shape index (κ1) is 14.8. The van der Waals surface area contributed by atoms with Crippen LogP contribution < -0.4 is 5.73 Å². The molecule has 2 rings (SSSR count). The van der Waals surface area contributed by atoms with Gasteiger partial charge in [0.05, 0.1) is 4.90 Å². The van der Waals surface area contributed by atoms with Gasteiger partial charge in [-0.05, 0) is 49.8 Å². The third-order valence-corrected chi connectivity index (χ3v) is 4.87. The molecule has 0 amide bonds. The first-order valence-corrected chi connectivity index (χ1v) is 7.91. The maximum Gasteiger partial charge on any atom is 0.140 e. The van der Waals surface area contributed by atoms with Gasteiger partial charge >= 0.3 is 0 Å². The van der Waals surface area contributed by atoms with Gasteiger partial charge in [0.15, 0.2) is 0 Å². The van der Waals surface area contributed by atoms with Crippen LogP contribution in [-0.2, 0) is 6.42 Å². The minimum absolute atomic E-state index is 0.0872. The average Bonchev–Trinajstić information content (AvgIpc) is 2.79. The highest BCUT2D eigenvalue weighted by atomic mass is 32.2. The van der Waals surface area contributed by atoms with Crippen LogP contribution in [0.5, 0.6) is 0 Å². The molecular weight excluding hydrogens is 264 g/mol. The van der Waals surface area contributed by atoms with Gasteiger partial charge in [-0.15, -0.1) is 11.8 Å². The maximum atomic E-state index is 13.9. The van der Waals surface area contributed by atoms with Gasteiger partial charge in [-0.25, -0.2) is 8.78 Å². The summed E-state index contributed by atoms with van der Waals surface area (Å²) in [5.41, 5.74) is 6.29. The minimum atomic E-state index is -0.446. The minimum Gasteiger partial charge on any atom is -0.328 e. The van der Waals surface area contributed by atoms with Crippen LogP contribution in [-0.4, -0.2) is 11.8 Å². The molecule has 106 valence electrons.